The Morgan fingerprint density at radius 2 is 1.25 bits per heavy atom. The Labute approximate surface area is 190 Å². The van der Waals surface area contributed by atoms with Crippen molar-refractivity contribution < 1.29 is 9.47 Å². The highest BCUT2D eigenvalue weighted by molar-refractivity contribution is 5.95. The lowest BCUT2D eigenvalue weighted by atomic mass is 9.92. The van der Waals surface area contributed by atoms with Gasteiger partial charge in [0.15, 0.2) is 0 Å². The molecule has 6 N–H and O–H groups in total. The third-order valence-electron chi connectivity index (χ3n) is 5.95. The highest BCUT2D eigenvalue weighted by atomic mass is 16.5. The van der Waals surface area contributed by atoms with Crippen molar-refractivity contribution in [1.82, 2.24) is 4.90 Å². The van der Waals surface area contributed by atoms with Gasteiger partial charge >= 0.3 is 0 Å². The molecule has 2 aromatic rings. The molecule has 2 aromatic carbocycles. The maximum atomic E-state index is 7.42. The molecule has 0 aliphatic carbocycles. The summed E-state index contributed by atoms with van der Waals surface area (Å²) in [6, 6.07) is 14.8. The lowest BCUT2D eigenvalue weighted by Crippen LogP contribution is -2.35. The molecular formula is C25H35N5O2. The normalized spacial score (nSPS) is 14.8. The quantitative estimate of drug-likeness (QED) is 0.230. The van der Waals surface area contributed by atoms with Crippen LogP contribution in [0.15, 0.2) is 48.5 Å². The first-order valence-electron chi connectivity index (χ1n) is 11.4. The minimum atomic E-state index is 0.0768. The third-order valence-corrected chi connectivity index (χ3v) is 5.95. The highest BCUT2D eigenvalue weighted by Crippen LogP contribution is 2.22. The van der Waals surface area contributed by atoms with E-state index in [0.29, 0.717) is 6.61 Å². The molecule has 172 valence electrons. The second-order valence-corrected chi connectivity index (χ2v) is 8.35. The van der Waals surface area contributed by atoms with Crippen LogP contribution in [0.1, 0.15) is 43.2 Å². The van der Waals surface area contributed by atoms with Gasteiger partial charge in [-0.05, 0) is 99.6 Å². The van der Waals surface area contributed by atoms with Crippen LogP contribution >= 0.6 is 0 Å². The second-order valence-electron chi connectivity index (χ2n) is 8.35. The predicted octanol–water partition coefficient (Wildman–Crippen LogP) is 3.59. The molecular weight excluding hydrogens is 402 g/mol. The molecule has 0 amide bonds. The number of hydrogen-bond donors (Lipinski definition) is 4. The summed E-state index contributed by atoms with van der Waals surface area (Å²) in [6.07, 6.45) is 5.78. The fourth-order valence-corrected chi connectivity index (χ4v) is 4.00. The number of hydrogen-bond acceptors (Lipinski definition) is 5. The number of ether oxygens (including phenoxy) is 2. The number of amidine groups is 2. The van der Waals surface area contributed by atoms with Crippen LogP contribution in [0.4, 0.5) is 0 Å². The summed E-state index contributed by atoms with van der Waals surface area (Å²) in [5, 5.41) is 14.8. The van der Waals surface area contributed by atoms with Crippen molar-refractivity contribution in [2.75, 3.05) is 32.8 Å². The van der Waals surface area contributed by atoms with E-state index in [-0.39, 0.29) is 11.7 Å². The fraction of sp³-hybridized carbons (Fsp3) is 0.440. The molecule has 0 aromatic heterocycles. The van der Waals surface area contributed by atoms with Gasteiger partial charge in [0.25, 0.3) is 0 Å². The van der Waals surface area contributed by atoms with Crippen molar-refractivity contribution in [2.45, 2.75) is 32.1 Å². The fourth-order valence-electron chi connectivity index (χ4n) is 4.00. The summed E-state index contributed by atoms with van der Waals surface area (Å²) < 4.78 is 11.6. The van der Waals surface area contributed by atoms with E-state index in [1.165, 1.54) is 19.3 Å². The number of nitrogens with two attached hydrogens (primary N) is 2. The Bertz CT molecular complexity index is 785. The molecule has 1 saturated heterocycles. The molecule has 1 aliphatic heterocycles. The van der Waals surface area contributed by atoms with Crippen molar-refractivity contribution in [3.05, 3.63) is 59.7 Å². The molecule has 32 heavy (non-hydrogen) atoms. The summed E-state index contributed by atoms with van der Waals surface area (Å²) in [6.45, 7) is 4.81. The Kier molecular flexibility index (Phi) is 8.92. The van der Waals surface area contributed by atoms with Gasteiger partial charge in [-0.3, -0.25) is 10.8 Å². The van der Waals surface area contributed by atoms with E-state index in [4.69, 9.17) is 31.8 Å². The first-order valence-corrected chi connectivity index (χ1v) is 11.4. The van der Waals surface area contributed by atoms with Gasteiger partial charge in [-0.2, -0.15) is 0 Å². The van der Waals surface area contributed by atoms with Crippen molar-refractivity contribution in [3.63, 3.8) is 0 Å². The van der Waals surface area contributed by atoms with Crippen LogP contribution in [0.3, 0.4) is 0 Å². The topological polar surface area (TPSA) is 121 Å². The van der Waals surface area contributed by atoms with Gasteiger partial charge in [0.2, 0.25) is 0 Å². The first-order chi connectivity index (χ1) is 15.5. The van der Waals surface area contributed by atoms with Gasteiger partial charge in [-0.1, -0.05) is 0 Å². The highest BCUT2D eigenvalue weighted by Gasteiger charge is 2.18. The van der Waals surface area contributed by atoms with Gasteiger partial charge in [0.1, 0.15) is 23.2 Å². The van der Waals surface area contributed by atoms with E-state index >= 15 is 0 Å². The SMILES string of the molecule is N=C(N)c1ccc(OCCCC2CCN(CCCOc3ccc(C(=N)N)cc3)CC2)cc1. The molecule has 3 rings (SSSR count). The summed E-state index contributed by atoms with van der Waals surface area (Å²) in [5.74, 6) is 2.60. The maximum Gasteiger partial charge on any atom is 0.122 e. The average Bonchev–Trinajstić information content (AvgIpc) is 2.81. The molecule has 7 nitrogen and oxygen atoms in total. The number of likely N-dealkylation sites (tertiary alicyclic amines) is 1. The van der Waals surface area contributed by atoms with Crippen LogP contribution < -0.4 is 20.9 Å². The molecule has 0 spiro atoms. The lowest BCUT2D eigenvalue weighted by Gasteiger charge is -2.32. The number of nitrogen functional groups attached to an aromatic ring is 2. The van der Waals surface area contributed by atoms with Crippen molar-refractivity contribution >= 4 is 11.7 Å². The van der Waals surface area contributed by atoms with Gasteiger partial charge in [-0.15, -0.1) is 0 Å². The van der Waals surface area contributed by atoms with Gasteiger partial charge in [0.05, 0.1) is 13.2 Å². The summed E-state index contributed by atoms with van der Waals surface area (Å²) in [5.41, 5.74) is 12.4. The molecule has 1 aliphatic rings. The molecule has 0 unspecified atom stereocenters. The van der Waals surface area contributed by atoms with E-state index in [1.54, 1.807) is 0 Å². The van der Waals surface area contributed by atoms with E-state index in [0.717, 1.165) is 67.6 Å². The van der Waals surface area contributed by atoms with Crippen LogP contribution in [-0.2, 0) is 0 Å². The first kappa shape index (κ1) is 23.6. The number of nitrogens with one attached hydrogen (secondary N) is 2. The summed E-state index contributed by atoms with van der Waals surface area (Å²) >= 11 is 0. The molecule has 1 heterocycles. The van der Waals surface area contributed by atoms with E-state index in [2.05, 4.69) is 4.90 Å². The average molecular weight is 438 g/mol. The monoisotopic (exact) mass is 437 g/mol. The number of nitrogens with zero attached hydrogens (tertiary/aromatic N) is 1. The predicted molar refractivity (Wildman–Crippen MR) is 129 cm³/mol. The Morgan fingerprint density at radius 3 is 1.72 bits per heavy atom. The van der Waals surface area contributed by atoms with Crippen LogP contribution in [-0.4, -0.2) is 49.4 Å². The van der Waals surface area contributed by atoms with Gasteiger partial charge in [-0.25, -0.2) is 0 Å². The zero-order chi connectivity index (χ0) is 22.8. The molecule has 0 radical (unpaired) electrons. The standard InChI is InChI=1S/C25H35N5O2/c26-24(27)20-4-8-22(9-5-20)31-17-1-3-19-12-15-30(16-13-19)14-2-18-32-23-10-6-21(7-11-23)25(28)29/h4-11,19H,1-3,12-18H2,(H3,26,27)(H3,28,29). The van der Waals surface area contributed by atoms with Gasteiger partial charge < -0.3 is 25.8 Å². The number of rotatable bonds is 12. The summed E-state index contributed by atoms with van der Waals surface area (Å²) in [4.78, 5) is 2.53. The van der Waals surface area contributed by atoms with Crippen LogP contribution in [0, 0.1) is 16.7 Å². The van der Waals surface area contributed by atoms with Crippen molar-refractivity contribution in [1.29, 1.82) is 10.8 Å². The van der Waals surface area contributed by atoms with E-state index in [9.17, 15) is 0 Å². The second kappa shape index (κ2) is 12.1. The largest absolute Gasteiger partial charge is 0.494 e. The van der Waals surface area contributed by atoms with Crippen LogP contribution in [0.5, 0.6) is 11.5 Å². The molecule has 7 heteroatoms. The number of piperidine rings is 1. The van der Waals surface area contributed by atoms with E-state index in [1.807, 2.05) is 48.5 Å². The maximum absolute atomic E-state index is 7.42. The summed E-state index contributed by atoms with van der Waals surface area (Å²) in [7, 11) is 0. The molecule has 0 saturated carbocycles. The molecule has 0 atom stereocenters. The lowest BCUT2D eigenvalue weighted by molar-refractivity contribution is 0.161. The molecule has 1 fully saturated rings. The van der Waals surface area contributed by atoms with Gasteiger partial charge in [0, 0.05) is 17.7 Å². The van der Waals surface area contributed by atoms with Crippen LogP contribution in [0.25, 0.3) is 0 Å². The Hall–Kier alpha value is -3.06. The van der Waals surface area contributed by atoms with Crippen molar-refractivity contribution in [3.8, 4) is 11.5 Å². The minimum Gasteiger partial charge on any atom is -0.494 e. The third kappa shape index (κ3) is 7.57. The zero-order valence-electron chi connectivity index (χ0n) is 18.7. The molecule has 0 bridgehead atoms. The van der Waals surface area contributed by atoms with Crippen LogP contribution in [0.2, 0.25) is 0 Å². The number of benzene rings is 2. The Balaban J connectivity index is 1.23. The smallest absolute Gasteiger partial charge is 0.122 e. The van der Waals surface area contributed by atoms with E-state index < -0.39 is 0 Å². The Morgan fingerprint density at radius 1 is 0.781 bits per heavy atom. The van der Waals surface area contributed by atoms with Crippen molar-refractivity contribution in [2.24, 2.45) is 17.4 Å². The minimum absolute atomic E-state index is 0.0768. The zero-order valence-corrected chi connectivity index (χ0v) is 18.7.